The van der Waals surface area contributed by atoms with Crippen molar-refractivity contribution in [3.63, 3.8) is 0 Å². The van der Waals surface area contributed by atoms with Crippen molar-refractivity contribution in [2.75, 3.05) is 0 Å². The number of benzene rings is 3. The van der Waals surface area contributed by atoms with Gasteiger partial charge in [0.15, 0.2) is 5.60 Å². The zero-order valence-corrected chi connectivity index (χ0v) is 13.7. The molecule has 0 radical (unpaired) electrons. The van der Waals surface area contributed by atoms with Crippen LogP contribution in [0.2, 0.25) is 0 Å². The van der Waals surface area contributed by atoms with Crippen molar-refractivity contribution < 1.29 is 12.6 Å². The molecule has 5 heteroatoms. The summed E-state index contributed by atoms with van der Waals surface area (Å²) in [6, 6.07) is 27.5. The molecule has 4 nitrogen and oxygen atoms in total. The van der Waals surface area contributed by atoms with Crippen molar-refractivity contribution in [2.45, 2.75) is 5.60 Å². The molecule has 3 aromatic rings. The maximum atomic E-state index is 11.9. The van der Waals surface area contributed by atoms with Crippen molar-refractivity contribution in [3.05, 3.63) is 108 Å². The van der Waals surface area contributed by atoms with Crippen LogP contribution < -0.4 is 5.14 Å². The van der Waals surface area contributed by atoms with Crippen molar-refractivity contribution in [1.29, 1.82) is 0 Å². The standard InChI is InChI=1S/C19H17NO3S/c20-24(21,22)23-19(16-10-4-1-5-11-16,17-12-6-2-7-13-17)18-14-8-3-9-15-18/h1-15H,(H2,20,21,22). The second-order valence-corrected chi connectivity index (χ2v) is 6.51. The molecule has 24 heavy (non-hydrogen) atoms. The van der Waals surface area contributed by atoms with E-state index in [0.717, 1.165) is 0 Å². The zero-order chi connectivity index (χ0) is 17.0. The minimum Gasteiger partial charge on any atom is -0.237 e. The summed E-state index contributed by atoms with van der Waals surface area (Å²) < 4.78 is 29.4. The number of nitrogens with two attached hydrogens (primary N) is 1. The Morgan fingerprint density at radius 3 is 1.17 bits per heavy atom. The Bertz CT molecular complexity index is 798. The molecule has 0 saturated heterocycles. The van der Waals surface area contributed by atoms with Gasteiger partial charge in [-0.05, 0) is 16.7 Å². The average Bonchev–Trinajstić information content (AvgIpc) is 2.61. The van der Waals surface area contributed by atoms with Gasteiger partial charge in [-0.2, -0.15) is 8.42 Å². The maximum absolute atomic E-state index is 11.9. The Morgan fingerprint density at radius 1 is 0.625 bits per heavy atom. The summed E-state index contributed by atoms with van der Waals surface area (Å²) in [5.41, 5.74) is 0.682. The van der Waals surface area contributed by atoms with Crippen LogP contribution in [0.3, 0.4) is 0 Å². The van der Waals surface area contributed by atoms with E-state index in [1.807, 2.05) is 91.0 Å². The largest absolute Gasteiger partial charge is 0.334 e. The van der Waals surface area contributed by atoms with Crippen molar-refractivity contribution in [2.24, 2.45) is 5.14 Å². The van der Waals surface area contributed by atoms with E-state index >= 15 is 0 Å². The quantitative estimate of drug-likeness (QED) is 0.726. The van der Waals surface area contributed by atoms with Crippen LogP contribution in [0.5, 0.6) is 0 Å². The van der Waals surface area contributed by atoms with Crippen molar-refractivity contribution in [3.8, 4) is 0 Å². The van der Waals surface area contributed by atoms with Gasteiger partial charge in [0.25, 0.3) is 0 Å². The highest BCUT2D eigenvalue weighted by Gasteiger charge is 2.41. The molecule has 0 aliphatic rings. The molecule has 0 heterocycles. The van der Waals surface area contributed by atoms with E-state index in [1.54, 1.807) is 0 Å². The lowest BCUT2D eigenvalue weighted by molar-refractivity contribution is 0.164. The molecule has 0 aliphatic heterocycles. The Kier molecular flexibility index (Phi) is 4.49. The molecule has 0 fully saturated rings. The minimum atomic E-state index is -4.23. The molecule has 0 saturated carbocycles. The molecule has 2 N–H and O–H groups in total. The Labute approximate surface area is 141 Å². The number of rotatable bonds is 5. The Morgan fingerprint density at radius 2 is 0.917 bits per heavy atom. The van der Waals surface area contributed by atoms with Gasteiger partial charge < -0.3 is 0 Å². The number of hydrogen-bond acceptors (Lipinski definition) is 3. The van der Waals surface area contributed by atoms with Gasteiger partial charge in [-0.25, -0.2) is 9.32 Å². The monoisotopic (exact) mass is 339 g/mol. The molecule has 0 bridgehead atoms. The van der Waals surface area contributed by atoms with Crippen LogP contribution in [0.15, 0.2) is 91.0 Å². The molecule has 0 amide bonds. The summed E-state index contributed by atoms with van der Waals surface area (Å²) in [7, 11) is -4.23. The van der Waals surface area contributed by atoms with Crippen molar-refractivity contribution >= 4 is 10.3 Å². The normalized spacial score (nSPS) is 12.0. The van der Waals surface area contributed by atoms with Crippen LogP contribution in [-0.2, 0) is 20.1 Å². The third kappa shape index (κ3) is 3.23. The van der Waals surface area contributed by atoms with E-state index in [1.165, 1.54) is 0 Å². The molecule has 0 spiro atoms. The molecule has 122 valence electrons. The lowest BCUT2D eigenvalue weighted by atomic mass is 9.80. The molecular formula is C19H17NO3S. The van der Waals surface area contributed by atoms with Crippen LogP contribution in [-0.4, -0.2) is 8.42 Å². The molecule has 0 unspecified atom stereocenters. The summed E-state index contributed by atoms with van der Waals surface area (Å²) in [4.78, 5) is 0. The second-order valence-electron chi connectivity index (χ2n) is 5.36. The fraction of sp³-hybridized carbons (Fsp3) is 0.0526. The fourth-order valence-electron chi connectivity index (χ4n) is 2.84. The van der Waals surface area contributed by atoms with Gasteiger partial charge in [0.05, 0.1) is 0 Å². The lowest BCUT2D eigenvalue weighted by Gasteiger charge is -2.34. The summed E-state index contributed by atoms with van der Waals surface area (Å²) in [5, 5.41) is 5.28. The Balaban J connectivity index is 2.37. The van der Waals surface area contributed by atoms with E-state index in [9.17, 15) is 8.42 Å². The molecule has 3 aromatic carbocycles. The van der Waals surface area contributed by atoms with Crippen molar-refractivity contribution in [1.82, 2.24) is 0 Å². The molecular weight excluding hydrogens is 322 g/mol. The number of hydrogen-bond donors (Lipinski definition) is 1. The molecule has 3 rings (SSSR count). The van der Waals surface area contributed by atoms with Crippen LogP contribution in [0.25, 0.3) is 0 Å². The van der Waals surface area contributed by atoms with Crippen LogP contribution in [0.1, 0.15) is 16.7 Å². The molecule has 0 aliphatic carbocycles. The van der Waals surface area contributed by atoms with Gasteiger partial charge in [0.2, 0.25) is 0 Å². The lowest BCUT2D eigenvalue weighted by Crippen LogP contribution is -2.37. The minimum absolute atomic E-state index is 0.677. The van der Waals surface area contributed by atoms with E-state index in [0.29, 0.717) is 16.7 Å². The third-order valence-corrected chi connectivity index (χ3v) is 4.26. The highest BCUT2D eigenvalue weighted by atomic mass is 32.2. The maximum Gasteiger partial charge on any atom is 0.334 e. The summed E-state index contributed by atoms with van der Waals surface area (Å²) in [6.07, 6.45) is 0. The van der Waals surface area contributed by atoms with Gasteiger partial charge in [0.1, 0.15) is 0 Å². The highest BCUT2D eigenvalue weighted by Crippen LogP contribution is 2.41. The molecule has 0 atom stereocenters. The summed E-state index contributed by atoms with van der Waals surface area (Å²) >= 11 is 0. The summed E-state index contributed by atoms with van der Waals surface area (Å²) in [6.45, 7) is 0. The SMILES string of the molecule is NS(=O)(=O)OC(c1ccccc1)(c1ccccc1)c1ccccc1. The van der Waals surface area contributed by atoms with E-state index in [4.69, 9.17) is 9.32 Å². The first kappa shape index (κ1) is 16.4. The summed E-state index contributed by atoms with van der Waals surface area (Å²) in [5.74, 6) is 0. The van der Waals surface area contributed by atoms with Crippen LogP contribution in [0, 0.1) is 0 Å². The fourth-order valence-corrected chi connectivity index (χ4v) is 3.47. The first-order chi connectivity index (χ1) is 11.5. The molecule has 0 aromatic heterocycles. The van der Waals surface area contributed by atoms with Gasteiger partial charge >= 0.3 is 10.3 Å². The third-order valence-electron chi connectivity index (χ3n) is 3.78. The van der Waals surface area contributed by atoms with E-state index in [-0.39, 0.29) is 0 Å². The Hall–Kier alpha value is -2.47. The van der Waals surface area contributed by atoms with Gasteiger partial charge in [0, 0.05) is 0 Å². The zero-order valence-electron chi connectivity index (χ0n) is 12.9. The predicted molar refractivity (Wildman–Crippen MR) is 93.4 cm³/mol. The van der Waals surface area contributed by atoms with Gasteiger partial charge in [-0.3, -0.25) is 0 Å². The van der Waals surface area contributed by atoms with Gasteiger partial charge in [-0.1, -0.05) is 91.0 Å². The second kappa shape index (κ2) is 6.57. The first-order valence-electron chi connectivity index (χ1n) is 7.42. The topological polar surface area (TPSA) is 69.4 Å². The van der Waals surface area contributed by atoms with Crippen LogP contribution in [0.4, 0.5) is 0 Å². The van der Waals surface area contributed by atoms with E-state index < -0.39 is 15.9 Å². The predicted octanol–water partition coefficient (Wildman–Crippen LogP) is 3.20. The van der Waals surface area contributed by atoms with Crippen LogP contribution >= 0.6 is 0 Å². The van der Waals surface area contributed by atoms with Gasteiger partial charge in [-0.15, -0.1) is 0 Å². The first-order valence-corrected chi connectivity index (χ1v) is 8.89. The highest BCUT2D eigenvalue weighted by molar-refractivity contribution is 7.84. The van der Waals surface area contributed by atoms with E-state index in [2.05, 4.69) is 0 Å². The smallest absolute Gasteiger partial charge is 0.237 e. The average molecular weight is 339 g/mol.